The highest BCUT2D eigenvalue weighted by Gasteiger charge is 2.35. The molecule has 2 nitrogen and oxygen atoms in total. The highest BCUT2D eigenvalue weighted by Crippen LogP contribution is 2.40. The number of fused-ring (bicyclic) bond motifs is 1. The predicted octanol–water partition coefficient (Wildman–Crippen LogP) is 3.31. The van der Waals surface area contributed by atoms with Crippen LogP contribution in [-0.4, -0.2) is 19.2 Å². The molecule has 0 bridgehead atoms. The maximum Gasteiger partial charge on any atom is 0.416 e. The zero-order valence-corrected chi connectivity index (χ0v) is 9.93. The van der Waals surface area contributed by atoms with Gasteiger partial charge in [-0.25, -0.2) is 0 Å². The van der Waals surface area contributed by atoms with Crippen LogP contribution in [0.1, 0.15) is 19.4 Å². The Bertz CT molecular complexity index is 440. The molecule has 1 aliphatic heterocycles. The van der Waals surface area contributed by atoms with Gasteiger partial charge in [-0.05, 0) is 32.0 Å². The summed E-state index contributed by atoms with van der Waals surface area (Å²) in [6.07, 6.45) is -4.32. The van der Waals surface area contributed by atoms with Crippen molar-refractivity contribution in [2.75, 3.05) is 18.5 Å². The maximum atomic E-state index is 12.6. The average Bonchev–Trinajstić information content (AvgIpc) is 2.13. The van der Waals surface area contributed by atoms with Crippen molar-refractivity contribution in [1.82, 2.24) is 0 Å². The lowest BCUT2D eigenvalue weighted by Crippen LogP contribution is -2.45. The second kappa shape index (κ2) is 3.55. The van der Waals surface area contributed by atoms with Crippen molar-refractivity contribution < 1.29 is 17.9 Å². The fourth-order valence-corrected chi connectivity index (χ4v) is 2.06. The van der Waals surface area contributed by atoms with Gasteiger partial charge in [-0.3, -0.25) is 0 Å². The fourth-order valence-electron chi connectivity index (χ4n) is 2.06. The molecule has 0 unspecified atom stereocenters. The molecule has 0 saturated heterocycles. The number of alkyl halides is 3. The highest BCUT2D eigenvalue weighted by molar-refractivity contribution is 5.62. The molecule has 0 atom stereocenters. The van der Waals surface area contributed by atoms with E-state index in [1.54, 1.807) is 11.9 Å². The van der Waals surface area contributed by atoms with Crippen molar-refractivity contribution >= 4 is 5.69 Å². The minimum Gasteiger partial charge on any atom is -0.484 e. The van der Waals surface area contributed by atoms with Crippen LogP contribution in [0.15, 0.2) is 18.2 Å². The quantitative estimate of drug-likeness (QED) is 0.695. The lowest BCUT2D eigenvalue weighted by atomic mass is 10.0. The average molecular weight is 245 g/mol. The summed E-state index contributed by atoms with van der Waals surface area (Å²) in [4.78, 5) is 1.79. The number of halogens is 3. The molecule has 0 amide bonds. The topological polar surface area (TPSA) is 12.5 Å². The third-order valence-electron chi connectivity index (χ3n) is 2.70. The summed E-state index contributed by atoms with van der Waals surface area (Å²) in [6, 6.07) is 3.56. The van der Waals surface area contributed by atoms with Gasteiger partial charge in [0.1, 0.15) is 11.4 Å². The van der Waals surface area contributed by atoms with E-state index < -0.39 is 11.7 Å². The Kier molecular flexibility index (Phi) is 2.52. The molecule has 1 heterocycles. The van der Waals surface area contributed by atoms with E-state index in [9.17, 15) is 13.2 Å². The van der Waals surface area contributed by atoms with Gasteiger partial charge in [-0.1, -0.05) is 0 Å². The molecule has 94 valence electrons. The second-order valence-electron chi connectivity index (χ2n) is 4.90. The van der Waals surface area contributed by atoms with Crippen LogP contribution in [0, 0.1) is 0 Å². The van der Waals surface area contributed by atoms with E-state index in [0.29, 0.717) is 18.0 Å². The summed E-state index contributed by atoms with van der Waals surface area (Å²) in [5.41, 5.74) is -0.549. The number of ether oxygens (including phenoxy) is 1. The largest absolute Gasteiger partial charge is 0.484 e. The number of benzene rings is 1. The van der Waals surface area contributed by atoms with Crippen molar-refractivity contribution in [3.63, 3.8) is 0 Å². The molecule has 0 fully saturated rings. The summed E-state index contributed by atoms with van der Waals surface area (Å²) in [5, 5.41) is 0. The second-order valence-corrected chi connectivity index (χ2v) is 4.90. The Morgan fingerprint density at radius 3 is 2.53 bits per heavy atom. The normalized spacial score (nSPS) is 18.6. The number of nitrogens with zero attached hydrogens (tertiary/aromatic N) is 1. The molecule has 5 heteroatoms. The van der Waals surface area contributed by atoms with Crippen LogP contribution in [0.25, 0.3) is 0 Å². The minimum atomic E-state index is -4.32. The standard InChI is InChI=1S/C12H14F3NO/c1-11(2)7-16(3)9-6-8(12(13,14)15)4-5-10(9)17-11/h4-6H,7H2,1-3H3. The smallest absolute Gasteiger partial charge is 0.416 e. The molecule has 0 aromatic heterocycles. The van der Waals surface area contributed by atoms with Crippen molar-refractivity contribution in [3.05, 3.63) is 23.8 Å². The van der Waals surface area contributed by atoms with Gasteiger partial charge in [0, 0.05) is 7.05 Å². The number of hydrogen-bond donors (Lipinski definition) is 0. The van der Waals surface area contributed by atoms with E-state index in [2.05, 4.69) is 0 Å². The molecule has 0 aliphatic carbocycles. The monoisotopic (exact) mass is 245 g/mol. The lowest BCUT2D eigenvalue weighted by Gasteiger charge is -2.39. The first-order valence-corrected chi connectivity index (χ1v) is 5.30. The molecular formula is C12H14F3NO. The summed E-state index contributed by atoms with van der Waals surface area (Å²) in [7, 11) is 1.77. The molecule has 0 radical (unpaired) electrons. The maximum absolute atomic E-state index is 12.6. The van der Waals surface area contributed by atoms with Gasteiger partial charge in [-0.15, -0.1) is 0 Å². The van der Waals surface area contributed by atoms with Gasteiger partial charge >= 0.3 is 6.18 Å². The van der Waals surface area contributed by atoms with E-state index >= 15 is 0 Å². The Labute approximate surface area is 98.0 Å². The first-order valence-electron chi connectivity index (χ1n) is 5.30. The molecule has 1 aromatic carbocycles. The van der Waals surface area contributed by atoms with E-state index in [4.69, 9.17) is 4.74 Å². The summed E-state index contributed by atoms with van der Waals surface area (Å²) in [5.74, 6) is 0.497. The number of hydrogen-bond acceptors (Lipinski definition) is 2. The number of anilines is 1. The van der Waals surface area contributed by atoms with Crippen molar-refractivity contribution in [2.45, 2.75) is 25.6 Å². The van der Waals surface area contributed by atoms with E-state index in [0.717, 1.165) is 12.1 Å². The summed E-state index contributed by atoms with van der Waals surface area (Å²) in [6.45, 7) is 4.37. The molecule has 0 saturated carbocycles. The van der Waals surface area contributed by atoms with Crippen LogP contribution in [0.3, 0.4) is 0 Å². The van der Waals surface area contributed by atoms with Gasteiger partial charge in [-0.2, -0.15) is 13.2 Å². The van der Waals surface area contributed by atoms with Gasteiger partial charge < -0.3 is 9.64 Å². The number of likely N-dealkylation sites (N-methyl/N-ethyl adjacent to an activating group) is 1. The molecule has 1 aliphatic rings. The zero-order valence-electron chi connectivity index (χ0n) is 9.93. The number of rotatable bonds is 0. The SMILES string of the molecule is CN1CC(C)(C)Oc2ccc(C(F)(F)F)cc21. The van der Waals surface area contributed by atoms with Gasteiger partial charge in [0.15, 0.2) is 0 Å². The van der Waals surface area contributed by atoms with Crippen LogP contribution in [-0.2, 0) is 6.18 Å². The minimum absolute atomic E-state index is 0.387. The highest BCUT2D eigenvalue weighted by atomic mass is 19.4. The van der Waals surface area contributed by atoms with E-state index in [1.807, 2.05) is 13.8 Å². The third kappa shape index (κ3) is 2.33. The molecule has 1 aromatic rings. The van der Waals surface area contributed by atoms with Crippen LogP contribution in [0.2, 0.25) is 0 Å². The molecule has 17 heavy (non-hydrogen) atoms. The Balaban J connectivity index is 2.44. The van der Waals surface area contributed by atoms with Crippen LogP contribution in [0.5, 0.6) is 5.75 Å². The molecule has 0 spiro atoms. The Morgan fingerprint density at radius 1 is 1.29 bits per heavy atom. The lowest BCUT2D eigenvalue weighted by molar-refractivity contribution is -0.137. The third-order valence-corrected chi connectivity index (χ3v) is 2.70. The predicted molar refractivity (Wildman–Crippen MR) is 59.4 cm³/mol. The van der Waals surface area contributed by atoms with Crippen molar-refractivity contribution in [2.24, 2.45) is 0 Å². The van der Waals surface area contributed by atoms with Crippen LogP contribution in [0.4, 0.5) is 18.9 Å². The molecule has 0 N–H and O–H groups in total. The molecule has 2 rings (SSSR count). The fraction of sp³-hybridized carbons (Fsp3) is 0.500. The summed E-state index contributed by atoms with van der Waals surface area (Å²) < 4.78 is 43.4. The first-order chi connectivity index (χ1) is 7.69. The Hall–Kier alpha value is -1.39. The van der Waals surface area contributed by atoms with Crippen LogP contribution >= 0.6 is 0 Å². The van der Waals surface area contributed by atoms with Gasteiger partial charge in [0.2, 0.25) is 0 Å². The van der Waals surface area contributed by atoms with E-state index in [-0.39, 0.29) is 5.60 Å². The van der Waals surface area contributed by atoms with Crippen LogP contribution < -0.4 is 9.64 Å². The van der Waals surface area contributed by atoms with Gasteiger partial charge in [0.25, 0.3) is 0 Å². The van der Waals surface area contributed by atoms with Crippen molar-refractivity contribution in [3.8, 4) is 5.75 Å². The van der Waals surface area contributed by atoms with Crippen molar-refractivity contribution in [1.29, 1.82) is 0 Å². The molecular weight excluding hydrogens is 231 g/mol. The van der Waals surface area contributed by atoms with E-state index in [1.165, 1.54) is 6.07 Å². The Morgan fingerprint density at radius 2 is 1.94 bits per heavy atom. The van der Waals surface area contributed by atoms with Gasteiger partial charge in [0.05, 0.1) is 17.8 Å². The first kappa shape index (κ1) is 12.1. The summed E-state index contributed by atoms with van der Waals surface area (Å²) >= 11 is 0. The zero-order chi connectivity index (χ0) is 12.8.